The summed E-state index contributed by atoms with van der Waals surface area (Å²) in [5.74, 6) is -1.50. The summed E-state index contributed by atoms with van der Waals surface area (Å²) in [6.07, 6.45) is -1.46. The number of ether oxygens (including phenoxy) is 2. The maximum Gasteiger partial charge on any atom is 0.307 e. The van der Waals surface area contributed by atoms with Crippen LogP contribution in [0.5, 0.6) is 17.2 Å². The largest absolute Gasteiger partial charge is 0.507 e. The highest BCUT2D eigenvalue weighted by Gasteiger charge is 2.58. The Bertz CT molecular complexity index is 1040. The van der Waals surface area contributed by atoms with Gasteiger partial charge in [-0.05, 0) is 23.6 Å². The summed E-state index contributed by atoms with van der Waals surface area (Å²) >= 11 is 6.20. The summed E-state index contributed by atoms with van der Waals surface area (Å²) in [6, 6.07) is 15.6. The molecule has 2 atom stereocenters. The number of benzene rings is 3. The lowest BCUT2D eigenvalue weighted by molar-refractivity contribution is -0.198. The Morgan fingerprint density at radius 1 is 0.962 bits per heavy atom. The van der Waals surface area contributed by atoms with Gasteiger partial charge in [0.05, 0.1) is 16.5 Å². The van der Waals surface area contributed by atoms with Crippen molar-refractivity contribution >= 4 is 28.2 Å². The number of phenols is 1. The number of fused-ring (bicyclic) bond motifs is 2. The van der Waals surface area contributed by atoms with Crippen molar-refractivity contribution in [3.63, 3.8) is 0 Å². The van der Waals surface area contributed by atoms with Crippen molar-refractivity contribution in [2.75, 3.05) is 0 Å². The van der Waals surface area contributed by atoms with E-state index in [2.05, 4.69) is 0 Å². The predicted octanol–water partition coefficient (Wildman–Crippen LogP) is 3.33. The summed E-state index contributed by atoms with van der Waals surface area (Å²) in [7, 11) is 0. The van der Waals surface area contributed by atoms with Gasteiger partial charge in [0.1, 0.15) is 22.6 Å². The molecule has 1 aliphatic carbocycles. The average Bonchev–Trinajstić information content (AvgIpc) is 2.65. The maximum atomic E-state index is 12.5. The number of aliphatic hydroxyl groups is 1. The lowest BCUT2D eigenvalue weighted by Gasteiger charge is -2.45. The smallest absolute Gasteiger partial charge is 0.307 e. The highest BCUT2D eigenvalue weighted by molar-refractivity contribution is 6.35. The molecule has 0 saturated carbocycles. The Labute approximate surface area is 153 Å². The van der Waals surface area contributed by atoms with Gasteiger partial charge in [0.2, 0.25) is 0 Å². The number of ketones is 1. The van der Waals surface area contributed by atoms with Crippen LogP contribution in [0, 0.1) is 0 Å². The van der Waals surface area contributed by atoms with Crippen LogP contribution in [-0.2, 0) is 5.79 Å². The van der Waals surface area contributed by atoms with Gasteiger partial charge in [0, 0.05) is 0 Å². The Kier molecular flexibility index (Phi) is 3.05. The van der Waals surface area contributed by atoms with Crippen LogP contribution in [0.15, 0.2) is 54.6 Å². The zero-order valence-electron chi connectivity index (χ0n) is 13.3. The molecule has 5 nitrogen and oxygen atoms in total. The molecule has 1 spiro atoms. The number of carbonyl (C=O) groups is 1. The lowest BCUT2D eigenvalue weighted by Crippen LogP contribution is -2.59. The van der Waals surface area contributed by atoms with Gasteiger partial charge in [0.15, 0.2) is 11.9 Å². The number of halogens is 1. The third-order valence-electron chi connectivity index (χ3n) is 4.93. The van der Waals surface area contributed by atoms with Gasteiger partial charge in [-0.1, -0.05) is 36.4 Å². The van der Waals surface area contributed by atoms with Crippen LogP contribution >= 0.6 is 11.6 Å². The molecule has 1 heterocycles. The normalized spacial score (nSPS) is 22.6. The molecule has 0 radical (unpaired) electrons. The van der Waals surface area contributed by atoms with Crippen LogP contribution in [0.25, 0.3) is 10.8 Å². The molecule has 2 N–H and O–H groups in total. The van der Waals surface area contributed by atoms with E-state index in [-0.39, 0.29) is 16.9 Å². The van der Waals surface area contributed by atoms with Crippen LogP contribution in [0.1, 0.15) is 15.9 Å². The molecule has 130 valence electrons. The average molecular weight is 369 g/mol. The third-order valence-corrected chi connectivity index (χ3v) is 5.37. The molecule has 2 unspecified atom stereocenters. The molecule has 0 aromatic heterocycles. The molecule has 2 aliphatic rings. The molecule has 0 bridgehead atoms. The molecular formula is C20H13ClO5. The number of rotatable bonds is 0. The van der Waals surface area contributed by atoms with Crippen molar-refractivity contribution in [1.29, 1.82) is 0 Å². The van der Waals surface area contributed by atoms with Crippen LogP contribution in [0.3, 0.4) is 0 Å². The first-order valence-electron chi connectivity index (χ1n) is 8.11. The minimum atomic E-state index is -1.73. The van der Waals surface area contributed by atoms with Crippen molar-refractivity contribution in [3.05, 3.63) is 65.7 Å². The molecule has 0 amide bonds. The molecule has 26 heavy (non-hydrogen) atoms. The SMILES string of the molecule is O=C1c2c(O)cccc2C2(Oc3cccc4cccc(c34)O2)C(O)C1Cl. The van der Waals surface area contributed by atoms with Crippen molar-refractivity contribution in [2.24, 2.45) is 0 Å². The van der Waals surface area contributed by atoms with Crippen molar-refractivity contribution in [1.82, 2.24) is 0 Å². The highest BCUT2D eigenvalue weighted by Crippen LogP contribution is 2.50. The number of alkyl halides is 1. The number of Topliss-reactive ketones (excluding diaryl/α,β-unsaturated/α-hetero) is 1. The number of aliphatic hydroxyl groups excluding tert-OH is 1. The molecular weight excluding hydrogens is 356 g/mol. The summed E-state index contributed by atoms with van der Waals surface area (Å²) in [4.78, 5) is 12.5. The van der Waals surface area contributed by atoms with Crippen molar-refractivity contribution < 1.29 is 24.5 Å². The maximum absolute atomic E-state index is 12.5. The standard InChI is InChI=1S/C20H13ClO5/c21-17-18(23)16-11(6-3-7-12(16)22)20(19(17)24)25-13-8-1-4-10-5-2-9-14(26-20)15(10)13/h1-9,17,19,22,24H. The fourth-order valence-corrected chi connectivity index (χ4v) is 4.02. The summed E-state index contributed by atoms with van der Waals surface area (Å²) in [5.41, 5.74) is 0.253. The molecule has 5 rings (SSSR count). The highest BCUT2D eigenvalue weighted by atomic mass is 35.5. The fraction of sp³-hybridized carbons (Fsp3) is 0.150. The van der Waals surface area contributed by atoms with Gasteiger partial charge in [-0.15, -0.1) is 11.6 Å². The second-order valence-corrected chi connectivity index (χ2v) is 6.86. The Morgan fingerprint density at radius 2 is 1.58 bits per heavy atom. The van der Waals surface area contributed by atoms with Crippen molar-refractivity contribution in [2.45, 2.75) is 17.3 Å². The summed E-state index contributed by atoms with van der Waals surface area (Å²) in [6.45, 7) is 0. The van der Waals surface area contributed by atoms with Gasteiger partial charge < -0.3 is 19.7 Å². The number of phenolic OH excluding ortho intramolecular Hbond substituents is 1. The van der Waals surface area contributed by atoms with E-state index in [1.54, 1.807) is 24.3 Å². The quantitative estimate of drug-likeness (QED) is 0.595. The van der Waals surface area contributed by atoms with Gasteiger partial charge in [-0.2, -0.15) is 0 Å². The molecule has 0 saturated heterocycles. The van der Waals surface area contributed by atoms with E-state index in [1.165, 1.54) is 6.07 Å². The van der Waals surface area contributed by atoms with Crippen LogP contribution in [0.4, 0.5) is 0 Å². The molecule has 3 aromatic carbocycles. The fourth-order valence-electron chi connectivity index (χ4n) is 3.74. The number of hydrogen-bond acceptors (Lipinski definition) is 5. The molecule has 3 aromatic rings. The minimum absolute atomic E-state index is 0.00403. The second-order valence-electron chi connectivity index (χ2n) is 6.39. The number of carbonyl (C=O) groups excluding carboxylic acids is 1. The van der Waals surface area contributed by atoms with Crippen LogP contribution < -0.4 is 9.47 Å². The zero-order valence-corrected chi connectivity index (χ0v) is 14.1. The Balaban J connectivity index is 1.81. The van der Waals surface area contributed by atoms with Crippen LogP contribution in [-0.4, -0.2) is 27.5 Å². The zero-order chi connectivity index (χ0) is 18.1. The van der Waals surface area contributed by atoms with E-state index in [1.807, 2.05) is 24.3 Å². The van der Waals surface area contributed by atoms with E-state index >= 15 is 0 Å². The van der Waals surface area contributed by atoms with Crippen molar-refractivity contribution in [3.8, 4) is 17.2 Å². The number of aromatic hydroxyl groups is 1. The van der Waals surface area contributed by atoms with Crippen LogP contribution in [0.2, 0.25) is 0 Å². The van der Waals surface area contributed by atoms with Gasteiger partial charge >= 0.3 is 5.79 Å². The lowest BCUT2D eigenvalue weighted by atomic mass is 9.82. The van der Waals surface area contributed by atoms with E-state index in [0.717, 1.165) is 10.8 Å². The van der Waals surface area contributed by atoms with Gasteiger partial charge in [0.25, 0.3) is 0 Å². The Hall–Kier alpha value is -2.76. The monoisotopic (exact) mass is 368 g/mol. The first-order valence-corrected chi connectivity index (χ1v) is 8.55. The van der Waals surface area contributed by atoms with Gasteiger partial charge in [-0.25, -0.2) is 0 Å². The predicted molar refractivity (Wildman–Crippen MR) is 95.0 cm³/mol. The topological polar surface area (TPSA) is 76.0 Å². The van der Waals surface area contributed by atoms with Gasteiger partial charge in [-0.3, -0.25) is 4.79 Å². The van der Waals surface area contributed by atoms with E-state index in [9.17, 15) is 15.0 Å². The summed E-state index contributed by atoms with van der Waals surface area (Å²) in [5, 5.41) is 21.5. The summed E-state index contributed by atoms with van der Waals surface area (Å²) < 4.78 is 12.2. The first kappa shape index (κ1) is 15.5. The number of hydrogen-bond donors (Lipinski definition) is 2. The van der Waals surface area contributed by atoms with E-state index in [0.29, 0.717) is 11.5 Å². The molecule has 0 fully saturated rings. The third kappa shape index (κ3) is 1.81. The van der Waals surface area contributed by atoms with E-state index < -0.39 is 23.1 Å². The molecule has 6 heteroatoms. The molecule has 1 aliphatic heterocycles. The minimum Gasteiger partial charge on any atom is -0.507 e. The van der Waals surface area contributed by atoms with E-state index in [4.69, 9.17) is 21.1 Å². The second kappa shape index (κ2) is 5.13. The Morgan fingerprint density at radius 3 is 2.23 bits per heavy atom. The first-order chi connectivity index (χ1) is 12.5.